The summed E-state index contributed by atoms with van der Waals surface area (Å²) in [4.78, 5) is 14.5. The van der Waals surface area contributed by atoms with E-state index in [-0.39, 0.29) is 18.2 Å². The van der Waals surface area contributed by atoms with Gasteiger partial charge in [0.2, 0.25) is 0 Å². The van der Waals surface area contributed by atoms with E-state index in [1.54, 1.807) is 0 Å². The Morgan fingerprint density at radius 2 is 2.12 bits per heavy atom. The molecule has 3 heterocycles. The number of benzene rings is 1. The van der Waals surface area contributed by atoms with Gasteiger partial charge in [0.1, 0.15) is 0 Å². The van der Waals surface area contributed by atoms with E-state index in [2.05, 4.69) is 16.0 Å². The molecule has 2 amide bonds. The summed E-state index contributed by atoms with van der Waals surface area (Å²) in [5.74, 6) is 0. The fourth-order valence-corrected chi connectivity index (χ4v) is 3.85. The van der Waals surface area contributed by atoms with Gasteiger partial charge in [0.05, 0.1) is 24.5 Å². The van der Waals surface area contributed by atoms with Crippen molar-refractivity contribution in [2.45, 2.75) is 37.9 Å². The number of rotatable bonds is 4. The zero-order valence-corrected chi connectivity index (χ0v) is 15.3. The number of aromatic nitrogens is 1. The van der Waals surface area contributed by atoms with Crippen LogP contribution in [0.2, 0.25) is 0 Å². The van der Waals surface area contributed by atoms with Crippen LogP contribution in [0.25, 0.3) is 10.9 Å². The lowest BCUT2D eigenvalue weighted by Crippen LogP contribution is -2.43. The summed E-state index contributed by atoms with van der Waals surface area (Å²) in [5, 5.41) is 4.14. The monoisotopic (exact) mass is 357 g/mol. The number of amides is 2. The third-order valence-corrected chi connectivity index (χ3v) is 5.44. The Kier molecular flexibility index (Phi) is 5.13. The van der Waals surface area contributed by atoms with Crippen molar-refractivity contribution in [1.82, 2.24) is 9.47 Å². The molecule has 6 heteroatoms. The number of anilines is 1. The molecule has 1 N–H and O–H groups in total. The summed E-state index contributed by atoms with van der Waals surface area (Å²) >= 11 is 0. The van der Waals surface area contributed by atoms with Gasteiger partial charge in [-0.25, -0.2) is 4.79 Å². The number of urea groups is 1. The van der Waals surface area contributed by atoms with Gasteiger partial charge in [-0.05, 0) is 43.9 Å². The highest BCUT2D eigenvalue weighted by Gasteiger charge is 2.25. The first-order valence-electron chi connectivity index (χ1n) is 9.54. The number of hydrogen-bond acceptors (Lipinski definition) is 3. The van der Waals surface area contributed by atoms with E-state index in [9.17, 15) is 4.79 Å². The number of piperidine rings is 1. The Morgan fingerprint density at radius 1 is 1.27 bits per heavy atom. The van der Waals surface area contributed by atoms with Crippen LogP contribution in [0.4, 0.5) is 10.5 Å². The summed E-state index contributed by atoms with van der Waals surface area (Å²) in [6.07, 6.45) is 6.53. The average Bonchev–Trinajstić information content (AvgIpc) is 3.31. The number of fused-ring (bicyclic) bond motifs is 1. The second-order valence-electron chi connectivity index (χ2n) is 7.25. The second-order valence-corrected chi connectivity index (χ2v) is 7.25. The molecule has 2 saturated heterocycles. The van der Waals surface area contributed by atoms with Gasteiger partial charge in [0, 0.05) is 43.8 Å². The molecule has 1 aromatic heterocycles. The zero-order valence-electron chi connectivity index (χ0n) is 15.3. The lowest BCUT2D eigenvalue weighted by molar-refractivity contribution is -0.0377. The van der Waals surface area contributed by atoms with Crippen LogP contribution < -0.4 is 5.32 Å². The fourth-order valence-electron chi connectivity index (χ4n) is 3.85. The number of likely N-dealkylation sites (tertiary alicyclic amines) is 1. The largest absolute Gasteiger partial charge is 0.376 e. The normalized spacial score (nSPS) is 21.4. The molecule has 6 nitrogen and oxygen atoms in total. The van der Waals surface area contributed by atoms with Crippen LogP contribution >= 0.6 is 0 Å². The molecular weight excluding hydrogens is 330 g/mol. The zero-order chi connectivity index (χ0) is 17.9. The fraction of sp³-hybridized carbons (Fsp3) is 0.550. The van der Waals surface area contributed by atoms with E-state index in [1.165, 1.54) is 0 Å². The van der Waals surface area contributed by atoms with Crippen molar-refractivity contribution in [3.63, 3.8) is 0 Å². The SMILES string of the molecule is Cn1ccc2c(NC(=O)N3CCC(OC[C@H]4CCCO4)CC3)cccc21. The minimum absolute atomic E-state index is 0.0288. The Balaban J connectivity index is 1.29. The highest BCUT2D eigenvalue weighted by atomic mass is 16.5. The molecule has 4 rings (SSSR count). The van der Waals surface area contributed by atoms with Crippen molar-refractivity contribution >= 4 is 22.6 Å². The van der Waals surface area contributed by atoms with Gasteiger partial charge in [-0.3, -0.25) is 0 Å². The Morgan fingerprint density at radius 3 is 2.88 bits per heavy atom. The molecule has 0 spiro atoms. The smallest absolute Gasteiger partial charge is 0.321 e. The second kappa shape index (κ2) is 7.68. The molecule has 1 aromatic carbocycles. The van der Waals surface area contributed by atoms with Gasteiger partial charge >= 0.3 is 6.03 Å². The van der Waals surface area contributed by atoms with Gasteiger partial charge in [-0.1, -0.05) is 6.07 Å². The van der Waals surface area contributed by atoms with Crippen molar-refractivity contribution in [3.05, 3.63) is 30.5 Å². The molecule has 2 aliphatic rings. The van der Waals surface area contributed by atoms with Gasteiger partial charge < -0.3 is 24.3 Å². The molecule has 2 fully saturated rings. The molecule has 140 valence electrons. The van der Waals surface area contributed by atoms with Gasteiger partial charge in [-0.2, -0.15) is 0 Å². The summed E-state index contributed by atoms with van der Waals surface area (Å²) in [5.41, 5.74) is 1.98. The van der Waals surface area contributed by atoms with Crippen LogP contribution in [-0.2, 0) is 16.5 Å². The molecule has 0 unspecified atom stereocenters. The summed E-state index contributed by atoms with van der Waals surface area (Å²) in [6, 6.07) is 8.00. The number of carbonyl (C=O) groups is 1. The average molecular weight is 357 g/mol. The van der Waals surface area contributed by atoms with E-state index in [4.69, 9.17) is 9.47 Å². The number of nitrogens with one attached hydrogen (secondary N) is 1. The lowest BCUT2D eigenvalue weighted by atomic mass is 10.1. The number of nitrogens with zero attached hydrogens (tertiary/aromatic N) is 2. The summed E-state index contributed by atoms with van der Waals surface area (Å²) in [6.45, 7) is 3.01. The van der Waals surface area contributed by atoms with Crippen LogP contribution in [0.5, 0.6) is 0 Å². The Bertz CT molecular complexity index is 759. The highest BCUT2D eigenvalue weighted by molar-refractivity contribution is 6.00. The maximum absolute atomic E-state index is 12.6. The molecule has 1 atom stereocenters. The van der Waals surface area contributed by atoms with E-state index >= 15 is 0 Å². The standard InChI is InChI=1S/C20H27N3O3/c1-22-10-9-17-18(5-2-6-19(17)22)21-20(24)23-11-7-15(8-12-23)26-14-16-4-3-13-25-16/h2,5-6,9-10,15-16H,3-4,7-8,11-14H2,1H3,(H,21,24)/t16-/m1/s1. The maximum Gasteiger partial charge on any atom is 0.321 e. The first kappa shape index (κ1) is 17.4. The van der Waals surface area contributed by atoms with Gasteiger partial charge in [0.25, 0.3) is 0 Å². The van der Waals surface area contributed by atoms with E-state index in [0.29, 0.717) is 6.61 Å². The summed E-state index contributed by atoms with van der Waals surface area (Å²) < 4.78 is 13.7. The van der Waals surface area contributed by atoms with Crippen molar-refractivity contribution < 1.29 is 14.3 Å². The molecular formula is C20H27N3O3. The van der Waals surface area contributed by atoms with Crippen LogP contribution in [0.15, 0.2) is 30.5 Å². The minimum Gasteiger partial charge on any atom is -0.376 e. The first-order chi connectivity index (χ1) is 12.7. The third-order valence-electron chi connectivity index (χ3n) is 5.44. The van der Waals surface area contributed by atoms with E-state index < -0.39 is 0 Å². The first-order valence-corrected chi connectivity index (χ1v) is 9.54. The van der Waals surface area contributed by atoms with Crippen LogP contribution in [0.3, 0.4) is 0 Å². The lowest BCUT2D eigenvalue weighted by Gasteiger charge is -2.32. The molecule has 2 aliphatic heterocycles. The van der Waals surface area contributed by atoms with Crippen LogP contribution in [0, 0.1) is 0 Å². The predicted molar refractivity (Wildman–Crippen MR) is 101 cm³/mol. The molecule has 26 heavy (non-hydrogen) atoms. The van der Waals surface area contributed by atoms with Crippen molar-refractivity contribution in [2.75, 3.05) is 31.6 Å². The molecule has 0 bridgehead atoms. The molecule has 2 aromatic rings. The predicted octanol–water partition coefficient (Wildman–Crippen LogP) is 3.37. The third kappa shape index (κ3) is 3.71. The Hall–Kier alpha value is -2.05. The number of hydrogen-bond donors (Lipinski definition) is 1. The van der Waals surface area contributed by atoms with Crippen molar-refractivity contribution in [1.29, 1.82) is 0 Å². The number of carbonyl (C=O) groups excluding carboxylic acids is 1. The molecule has 0 saturated carbocycles. The van der Waals surface area contributed by atoms with Gasteiger partial charge in [-0.15, -0.1) is 0 Å². The Labute approximate surface area is 154 Å². The van der Waals surface area contributed by atoms with E-state index in [0.717, 1.165) is 62.0 Å². The number of aryl methyl sites for hydroxylation is 1. The number of ether oxygens (including phenoxy) is 2. The van der Waals surface area contributed by atoms with Gasteiger partial charge in [0.15, 0.2) is 0 Å². The van der Waals surface area contributed by atoms with Crippen molar-refractivity contribution in [3.8, 4) is 0 Å². The molecule has 0 radical (unpaired) electrons. The summed E-state index contributed by atoms with van der Waals surface area (Å²) in [7, 11) is 2.01. The highest BCUT2D eigenvalue weighted by Crippen LogP contribution is 2.25. The maximum atomic E-state index is 12.6. The van der Waals surface area contributed by atoms with E-state index in [1.807, 2.05) is 36.3 Å². The van der Waals surface area contributed by atoms with Crippen LogP contribution in [-0.4, -0.2) is 54.0 Å². The van der Waals surface area contributed by atoms with Crippen molar-refractivity contribution in [2.24, 2.45) is 7.05 Å². The molecule has 0 aliphatic carbocycles. The van der Waals surface area contributed by atoms with Crippen LogP contribution in [0.1, 0.15) is 25.7 Å². The minimum atomic E-state index is -0.0288. The topological polar surface area (TPSA) is 55.7 Å². The quantitative estimate of drug-likeness (QED) is 0.913.